The van der Waals surface area contributed by atoms with E-state index in [9.17, 15) is 4.39 Å². The summed E-state index contributed by atoms with van der Waals surface area (Å²) in [5, 5.41) is 0.710. The van der Waals surface area contributed by atoms with E-state index in [1.54, 1.807) is 12.1 Å². The largest absolute Gasteiger partial charge is 0.369 e. The highest BCUT2D eigenvalue weighted by Gasteiger charge is 2.25. The highest BCUT2D eigenvalue weighted by Crippen LogP contribution is 2.33. The van der Waals surface area contributed by atoms with Gasteiger partial charge in [-0.1, -0.05) is 28.1 Å². The van der Waals surface area contributed by atoms with Crippen LogP contribution in [0.5, 0.6) is 0 Å². The molecule has 0 heterocycles. The van der Waals surface area contributed by atoms with Crippen molar-refractivity contribution in [1.29, 1.82) is 0 Å². The monoisotopic (exact) mass is 285 g/mol. The van der Waals surface area contributed by atoms with Gasteiger partial charge in [-0.05, 0) is 37.3 Å². The Morgan fingerprint density at radius 2 is 2.19 bits per heavy atom. The van der Waals surface area contributed by atoms with Crippen LogP contribution in [0.3, 0.4) is 0 Å². The van der Waals surface area contributed by atoms with Crippen LogP contribution in [0.15, 0.2) is 18.2 Å². The van der Waals surface area contributed by atoms with Gasteiger partial charge in [0.2, 0.25) is 0 Å². The maximum Gasteiger partial charge on any atom is 0.146 e. The first-order valence-electron chi connectivity index (χ1n) is 5.84. The second kappa shape index (κ2) is 5.17. The number of para-hydroxylation sites is 1. The molecule has 0 unspecified atom stereocenters. The molecule has 0 amide bonds. The van der Waals surface area contributed by atoms with Crippen LogP contribution in [-0.4, -0.2) is 13.1 Å². The standard InChI is InChI=1S/C13H17BrFN/c1-2-16(9-10-6-7-10)13-11(8-14)4-3-5-12(13)15/h3-5,10H,2,6-9H2,1H3. The normalized spacial score (nSPS) is 15.2. The zero-order chi connectivity index (χ0) is 11.5. The van der Waals surface area contributed by atoms with Crippen LogP contribution < -0.4 is 4.90 Å². The lowest BCUT2D eigenvalue weighted by molar-refractivity contribution is 0.611. The fraction of sp³-hybridized carbons (Fsp3) is 0.538. The quantitative estimate of drug-likeness (QED) is 0.741. The lowest BCUT2D eigenvalue weighted by Crippen LogP contribution is -2.27. The summed E-state index contributed by atoms with van der Waals surface area (Å²) in [6.07, 6.45) is 2.60. The van der Waals surface area contributed by atoms with Crippen molar-refractivity contribution < 1.29 is 4.39 Å². The molecule has 0 aromatic heterocycles. The molecule has 0 bridgehead atoms. The number of alkyl halides is 1. The molecule has 88 valence electrons. The first-order valence-corrected chi connectivity index (χ1v) is 6.96. The third kappa shape index (κ3) is 2.57. The molecule has 1 fully saturated rings. The van der Waals surface area contributed by atoms with Gasteiger partial charge in [0, 0.05) is 18.4 Å². The van der Waals surface area contributed by atoms with Crippen molar-refractivity contribution in [3.05, 3.63) is 29.6 Å². The van der Waals surface area contributed by atoms with Crippen LogP contribution in [0.2, 0.25) is 0 Å². The predicted molar refractivity (Wildman–Crippen MR) is 69.6 cm³/mol. The summed E-state index contributed by atoms with van der Waals surface area (Å²) < 4.78 is 13.9. The topological polar surface area (TPSA) is 3.24 Å². The van der Waals surface area contributed by atoms with Crippen molar-refractivity contribution in [2.24, 2.45) is 5.92 Å². The molecule has 1 aliphatic carbocycles. The zero-order valence-corrected chi connectivity index (χ0v) is 11.1. The molecule has 0 spiro atoms. The Labute approximate surface area is 105 Å². The van der Waals surface area contributed by atoms with Gasteiger partial charge in [-0.3, -0.25) is 0 Å². The molecule has 0 saturated heterocycles. The summed E-state index contributed by atoms with van der Waals surface area (Å²) in [4.78, 5) is 2.17. The second-order valence-corrected chi connectivity index (χ2v) is 4.92. The lowest BCUT2D eigenvalue weighted by Gasteiger charge is -2.25. The van der Waals surface area contributed by atoms with Gasteiger partial charge in [-0.25, -0.2) is 4.39 Å². The number of anilines is 1. The Kier molecular flexibility index (Phi) is 3.85. The van der Waals surface area contributed by atoms with E-state index < -0.39 is 0 Å². The van der Waals surface area contributed by atoms with Gasteiger partial charge in [0.15, 0.2) is 0 Å². The SMILES string of the molecule is CCN(CC1CC1)c1c(F)cccc1CBr. The molecule has 2 rings (SSSR count). The Balaban J connectivity index is 2.26. The molecular formula is C13H17BrFN. The highest BCUT2D eigenvalue weighted by atomic mass is 79.9. The van der Waals surface area contributed by atoms with Crippen molar-refractivity contribution in [1.82, 2.24) is 0 Å². The Morgan fingerprint density at radius 3 is 2.75 bits per heavy atom. The highest BCUT2D eigenvalue weighted by molar-refractivity contribution is 9.08. The zero-order valence-electron chi connectivity index (χ0n) is 9.55. The van der Waals surface area contributed by atoms with Gasteiger partial charge < -0.3 is 4.90 Å². The van der Waals surface area contributed by atoms with Crippen molar-refractivity contribution in [2.45, 2.75) is 25.1 Å². The summed E-state index contributed by atoms with van der Waals surface area (Å²) in [5.41, 5.74) is 1.83. The Morgan fingerprint density at radius 1 is 1.44 bits per heavy atom. The van der Waals surface area contributed by atoms with E-state index in [2.05, 4.69) is 27.8 Å². The molecule has 1 saturated carbocycles. The van der Waals surface area contributed by atoms with E-state index in [1.165, 1.54) is 12.8 Å². The summed E-state index contributed by atoms with van der Waals surface area (Å²) in [6.45, 7) is 3.96. The van der Waals surface area contributed by atoms with E-state index >= 15 is 0 Å². The molecule has 3 heteroatoms. The van der Waals surface area contributed by atoms with Crippen LogP contribution in [-0.2, 0) is 5.33 Å². The number of hydrogen-bond donors (Lipinski definition) is 0. The molecule has 1 aromatic carbocycles. The molecule has 0 radical (unpaired) electrons. The van der Waals surface area contributed by atoms with E-state index in [0.29, 0.717) is 5.33 Å². The van der Waals surface area contributed by atoms with Crippen molar-refractivity contribution in [3.63, 3.8) is 0 Å². The van der Waals surface area contributed by atoms with Crippen LogP contribution in [0, 0.1) is 11.7 Å². The van der Waals surface area contributed by atoms with Crippen molar-refractivity contribution >= 4 is 21.6 Å². The van der Waals surface area contributed by atoms with Crippen LogP contribution in [0.25, 0.3) is 0 Å². The maximum atomic E-state index is 13.9. The summed E-state index contributed by atoms with van der Waals surface area (Å²) >= 11 is 3.43. The Hall–Kier alpha value is -0.570. The summed E-state index contributed by atoms with van der Waals surface area (Å²) in [6, 6.07) is 5.32. The fourth-order valence-electron chi connectivity index (χ4n) is 2.01. The third-order valence-electron chi connectivity index (χ3n) is 3.09. The van der Waals surface area contributed by atoms with Gasteiger partial charge in [0.05, 0.1) is 5.69 Å². The molecule has 0 atom stereocenters. The molecule has 16 heavy (non-hydrogen) atoms. The van der Waals surface area contributed by atoms with E-state index in [0.717, 1.165) is 30.3 Å². The van der Waals surface area contributed by atoms with E-state index in [4.69, 9.17) is 0 Å². The molecule has 1 aliphatic rings. The maximum absolute atomic E-state index is 13.9. The smallest absolute Gasteiger partial charge is 0.146 e. The average Bonchev–Trinajstić information content (AvgIpc) is 3.10. The number of benzene rings is 1. The molecule has 0 N–H and O–H groups in total. The fourth-order valence-corrected chi connectivity index (χ4v) is 2.47. The van der Waals surface area contributed by atoms with Crippen LogP contribution in [0.4, 0.5) is 10.1 Å². The number of rotatable bonds is 5. The minimum atomic E-state index is -0.0977. The van der Waals surface area contributed by atoms with Gasteiger partial charge in [0.25, 0.3) is 0 Å². The van der Waals surface area contributed by atoms with E-state index in [-0.39, 0.29) is 5.82 Å². The number of hydrogen-bond acceptors (Lipinski definition) is 1. The first kappa shape index (κ1) is 11.9. The van der Waals surface area contributed by atoms with Gasteiger partial charge in [-0.2, -0.15) is 0 Å². The Bertz CT molecular complexity index is 363. The minimum Gasteiger partial charge on any atom is -0.369 e. The van der Waals surface area contributed by atoms with Crippen LogP contribution in [0.1, 0.15) is 25.3 Å². The van der Waals surface area contributed by atoms with Gasteiger partial charge >= 0.3 is 0 Å². The molecular weight excluding hydrogens is 269 g/mol. The van der Waals surface area contributed by atoms with Crippen molar-refractivity contribution in [3.8, 4) is 0 Å². The average molecular weight is 286 g/mol. The number of nitrogens with zero attached hydrogens (tertiary/aromatic N) is 1. The second-order valence-electron chi connectivity index (χ2n) is 4.36. The lowest BCUT2D eigenvalue weighted by atomic mass is 10.1. The molecule has 0 aliphatic heterocycles. The van der Waals surface area contributed by atoms with Gasteiger partial charge in [-0.15, -0.1) is 0 Å². The number of halogens is 2. The van der Waals surface area contributed by atoms with Crippen LogP contribution >= 0.6 is 15.9 Å². The van der Waals surface area contributed by atoms with Crippen molar-refractivity contribution in [2.75, 3.05) is 18.0 Å². The predicted octanol–water partition coefficient (Wildman–Crippen LogP) is 3.96. The first-order chi connectivity index (χ1) is 7.76. The van der Waals surface area contributed by atoms with E-state index in [1.807, 2.05) is 6.07 Å². The molecule has 1 nitrogen and oxygen atoms in total. The minimum absolute atomic E-state index is 0.0977. The summed E-state index contributed by atoms with van der Waals surface area (Å²) in [7, 11) is 0. The molecule has 1 aromatic rings. The summed E-state index contributed by atoms with van der Waals surface area (Å²) in [5.74, 6) is 0.683. The van der Waals surface area contributed by atoms with Gasteiger partial charge in [0.1, 0.15) is 5.82 Å². The third-order valence-corrected chi connectivity index (χ3v) is 3.69.